The summed E-state index contributed by atoms with van der Waals surface area (Å²) in [6.45, 7) is 6.22. The fourth-order valence-corrected chi connectivity index (χ4v) is 4.45. The lowest BCUT2D eigenvalue weighted by molar-refractivity contribution is 0.212. The van der Waals surface area contributed by atoms with Gasteiger partial charge in [0.1, 0.15) is 16.4 Å². The fraction of sp³-hybridized carbons (Fsp3) is 0.714. The fourth-order valence-electron chi connectivity index (χ4n) is 2.97. The number of hydrogen-bond acceptors (Lipinski definition) is 4. The van der Waals surface area contributed by atoms with Crippen molar-refractivity contribution in [2.45, 2.75) is 63.9 Å². The Balaban J connectivity index is 2.16. The zero-order valence-electron chi connectivity index (χ0n) is 12.4. The van der Waals surface area contributed by atoms with E-state index in [1.165, 1.54) is 6.07 Å². The first-order valence-corrected chi connectivity index (χ1v) is 8.53. The zero-order chi connectivity index (χ0) is 15.0. The van der Waals surface area contributed by atoms with Crippen LogP contribution in [-0.2, 0) is 16.6 Å². The van der Waals surface area contributed by atoms with Gasteiger partial charge in [0.15, 0.2) is 0 Å². The molecule has 2 rings (SSSR count). The van der Waals surface area contributed by atoms with Crippen molar-refractivity contribution in [1.82, 2.24) is 4.72 Å². The molecule has 1 atom stereocenters. The van der Waals surface area contributed by atoms with E-state index in [1.807, 2.05) is 0 Å². The highest BCUT2D eigenvalue weighted by Gasteiger charge is 2.32. The van der Waals surface area contributed by atoms with Crippen LogP contribution < -0.4 is 10.5 Å². The molecule has 6 heteroatoms. The summed E-state index contributed by atoms with van der Waals surface area (Å²) in [7, 11) is -3.53. The molecule has 0 bridgehead atoms. The van der Waals surface area contributed by atoms with Crippen LogP contribution in [0.4, 0.5) is 0 Å². The van der Waals surface area contributed by atoms with Gasteiger partial charge in [0, 0.05) is 12.1 Å². The van der Waals surface area contributed by atoms with Crippen LogP contribution in [0.15, 0.2) is 15.4 Å². The van der Waals surface area contributed by atoms with Gasteiger partial charge in [-0.1, -0.05) is 20.3 Å². The molecule has 1 aromatic heterocycles. The third-order valence-electron chi connectivity index (χ3n) is 3.94. The number of rotatable bonds is 4. The number of nitrogens with two attached hydrogens (primary N) is 1. The van der Waals surface area contributed by atoms with Crippen molar-refractivity contribution in [2.24, 2.45) is 11.1 Å². The first-order chi connectivity index (χ1) is 9.23. The minimum Gasteiger partial charge on any atom is -0.464 e. The van der Waals surface area contributed by atoms with Gasteiger partial charge in [-0.25, -0.2) is 13.1 Å². The Labute approximate surface area is 121 Å². The summed E-state index contributed by atoms with van der Waals surface area (Å²) in [5.41, 5.74) is 5.68. The monoisotopic (exact) mass is 300 g/mol. The Morgan fingerprint density at radius 3 is 2.75 bits per heavy atom. The number of sulfonamides is 1. The van der Waals surface area contributed by atoms with E-state index in [2.05, 4.69) is 18.6 Å². The van der Waals surface area contributed by atoms with E-state index in [0.29, 0.717) is 11.5 Å². The van der Waals surface area contributed by atoms with Gasteiger partial charge in [-0.15, -0.1) is 0 Å². The maximum absolute atomic E-state index is 12.4. The predicted octanol–water partition coefficient (Wildman–Crippen LogP) is 2.29. The molecule has 3 N–H and O–H groups in total. The lowest BCUT2D eigenvalue weighted by atomic mass is 9.75. The average Bonchev–Trinajstić information content (AvgIpc) is 2.69. The highest BCUT2D eigenvalue weighted by atomic mass is 32.2. The molecule has 0 amide bonds. The van der Waals surface area contributed by atoms with Gasteiger partial charge in [-0.05, 0) is 31.6 Å². The smallest absolute Gasteiger partial charge is 0.244 e. The molecule has 0 radical (unpaired) electrons. The van der Waals surface area contributed by atoms with E-state index in [0.717, 1.165) is 25.7 Å². The number of furan rings is 1. The van der Waals surface area contributed by atoms with E-state index in [4.69, 9.17) is 10.2 Å². The second kappa shape index (κ2) is 5.50. The van der Waals surface area contributed by atoms with Gasteiger partial charge in [-0.2, -0.15) is 0 Å². The van der Waals surface area contributed by atoms with E-state index in [1.54, 1.807) is 6.92 Å². The van der Waals surface area contributed by atoms with Crippen LogP contribution in [0.5, 0.6) is 0 Å². The molecule has 1 fully saturated rings. The van der Waals surface area contributed by atoms with Crippen molar-refractivity contribution in [3.8, 4) is 0 Å². The first kappa shape index (κ1) is 15.5. The predicted molar refractivity (Wildman–Crippen MR) is 77.7 cm³/mol. The molecular weight excluding hydrogens is 276 g/mol. The van der Waals surface area contributed by atoms with Gasteiger partial charge in [0.2, 0.25) is 10.0 Å². The van der Waals surface area contributed by atoms with Gasteiger partial charge in [0.25, 0.3) is 0 Å². The van der Waals surface area contributed by atoms with Crippen LogP contribution in [0.2, 0.25) is 0 Å². The van der Waals surface area contributed by atoms with Crippen molar-refractivity contribution in [3.05, 3.63) is 17.6 Å². The quantitative estimate of drug-likeness (QED) is 0.893. The third kappa shape index (κ3) is 3.42. The van der Waals surface area contributed by atoms with Crippen LogP contribution in [0.3, 0.4) is 0 Å². The lowest BCUT2D eigenvalue weighted by Gasteiger charge is -2.35. The van der Waals surface area contributed by atoms with Crippen molar-refractivity contribution < 1.29 is 12.8 Å². The Kier molecular flexibility index (Phi) is 4.27. The summed E-state index contributed by atoms with van der Waals surface area (Å²) in [6.07, 6.45) is 3.96. The highest BCUT2D eigenvalue weighted by molar-refractivity contribution is 7.89. The molecule has 0 saturated heterocycles. The van der Waals surface area contributed by atoms with Crippen LogP contribution in [0, 0.1) is 12.3 Å². The minimum absolute atomic E-state index is 0.000577. The van der Waals surface area contributed by atoms with Gasteiger partial charge in [-0.3, -0.25) is 0 Å². The second-order valence-electron chi connectivity index (χ2n) is 6.42. The molecule has 1 aromatic rings. The Morgan fingerprint density at radius 2 is 2.20 bits per heavy atom. The lowest BCUT2D eigenvalue weighted by Crippen LogP contribution is -2.40. The standard InChI is InChI=1S/C14H24N2O3S/c1-10-13(7-12(9-15)19-10)20(17,18)16-11-5-4-6-14(2,3)8-11/h7,11,16H,4-6,8-9,15H2,1-3H3. The summed E-state index contributed by atoms with van der Waals surface area (Å²) in [5.74, 6) is 0.889. The molecule has 1 saturated carbocycles. The molecule has 114 valence electrons. The SMILES string of the molecule is Cc1oc(CN)cc1S(=O)(=O)NC1CCCC(C)(C)C1. The molecule has 1 aliphatic rings. The van der Waals surface area contributed by atoms with Gasteiger partial charge < -0.3 is 10.2 Å². The summed E-state index contributed by atoms with van der Waals surface area (Å²) in [5, 5.41) is 0. The Bertz CT molecular complexity index is 575. The van der Waals surface area contributed by atoms with Crippen molar-refractivity contribution in [3.63, 3.8) is 0 Å². The van der Waals surface area contributed by atoms with E-state index >= 15 is 0 Å². The summed E-state index contributed by atoms with van der Waals surface area (Å²) in [6, 6.07) is 1.52. The van der Waals surface area contributed by atoms with E-state index in [-0.39, 0.29) is 22.9 Å². The van der Waals surface area contributed by atoms with Crippen LogP contribution in [-0.4, -0.2) is 14.5 Å². The molecule has 1 unspecified atom stereocenters. The van der Waals surface area contributed by atoms with Crippen LogP contribution in [0.25, 0.3) is 0 Å². The van der Waals surface area contributed by atoms with E-state index < -0.39 is 10.0 Å². The van der Waals surface area contributed by atoms with Crippen LogP contribution >= 0.6 is 0 Å². The third-order valence-corrected chi connectivity index (χ3v) is 5.57. The van der Waals surface area contributed by atoms with Crippen molar-refractivity contribution in [1.29, 1.82) is 0 Å². The second-order valence-corrected chi connectivity index (χ2v) is 8.10. The molecule has 0 aliphatic heterocycles. The summed E-state index contributed by atoms with van der Waals surface area (Å²) in [4.78, 5) is 0.210. The number of nitrogens with one attached hydrogen (secondary N) is 1. The summed E-state index contributed by atoms with van der Waals surface area (Å²) < 4.78 is 33.1. The largest absolute Gasteiger partial charge is 0.464 e. The van der Waals surface area contributed by atoms with Crippen molar-refractivity contribution in [2.75, 3.05) is 0 Å². The molecule has 0 aromatic carbocycles. The molecule has 5 nitrogen and oxygen atoms in total. The average molecular weight is 300 g/mol. The molecule has 0 spiro atoms. The molecular formula is C14H24N2O3S. The number of aryl methyl sites for hydroxylation is 1. The normalized spacial score (nSPS) is 22.9. The maximum Gasteiger partial charge on any atom is 0.244 e. The maximum atomic E-state index is 12.4. The Hall–Kier alpha value is -0.850. The molecule has 1 heterocycles. The van der Waals surface area contributed by atoms with E-state index in [9.17, 15) is 8.42 Å². The first-order valence-electron chi connectivity index (χ1n) is 7.05. The topological polar surface area (TPSA) is 85.3 Å². The zero-order valence-corrected chi connectivity index (χ0v) is 13.2. The minimum atomic E-state index is -3.53. The van der Waals surface area contributed by atoms with Crippen molar-refractivity contribution >= 4 is 10.0 Å². The Morgan fingerprint density at radius 1 is 1.50 bits per heavy atom. The summed E-state index contributed by atoms with van der Waals surface area (Å²) >= 11 is 0. The number of hydrogen-bond donors (Lipinski definition) is 2. The molecule has 20 heavy (non-hydrogen) atoms. The van der Waals surface area contributed by atoms with Gasteiger partial charge in [0.05, 0.1) is 6.54 Å². The molecule has 1 aliphatic carbocycles. The van der Waals surface area contributed by atoms with Gasteiger partial charge >= 0.3 is 0 Å². The van der Waals surface area contributed by atoms with Crippen LogP contribution in [0.1, 0.15) is 51.1 Å². The highest BCUT2D eigenvalue weighted by Crippen LogP contribution is 2.35.